The second-order valence-corrected chi connectivity index (χ2v) is 8.95. The van der Waals surface area contributed by atoms with E-state index in [9.17, 15) is 0 Å². The second kappa shape index (κ2) is 8.79. The molecular formula is C25H34ClN3. The number of nitrogens with zero attached hydrogens (tertiary/aromatic N) is 3. The van der Waals surface area contributed by atoms with Gasteiger partial charge in [0.25, 0.3) is 0 Å². The topological polar surface area (TPSA) is 18.8 Å². The van der Waals surface area contributed by atoms with Crippen LogP contribution in [0.1, 0.15) is 65.0 Å². The van der Waals surface area contributed by atoms with Gasteiger partial charge >= 0.3 is 0 Å². The lowest BCUT2D eigenvalue weighted by molar-refractivity contribution is 0.381. The fraction of sp³-hybridized carbons (Fsp3) is 0.480. The normalized spacial score (nSPS) is 18.2. The Labute approximate surface area is 181 Å². The first-order valence-electron chi connectivity index (χ1n) is 10.8. The van der Waals surface area contributed by atoms with Gasteiger partial charge in [0.15, 0.2) is 0 Å². The average Bonchev–Trinajstić information content (AvgIpc) is 2.68. The highest BCUT2D eigenvalue weighted by molar-refractivity contribution is 6.33. The Kier molecular flexibility index (Phi) is 6.58. The molecule has 0 spiro atoms. The van der Waals surface area contributed by atoms with Crippen molar-refractivity contribution >= 4 is 34.9 Å². The third kappa shape index (κ3) is 4.45. The van der Waals surface area contributed by atoms with Gasteiger partial charge in [-0.25, -0.2) is 0 Å². The van der Waals surface area contributed by atoms with Gasteiger partial charge in [-0.15, -0.1) is 0 Å². The minimum Gasteiger partial charge on any atom is -0.372 e. The van der Waals surface area contributed by atoms with E-state index >= 15 is 0 Å². The summed E-state index contributed by atoms with van der Waals surface area (Å²) in [6.45, 7) is 16.5. The molecule has 29 heavy (non-hydrogen) atoms. The van der Waals surface area contributed by atoms with Gasteiger partial charge in [-0.3, -0.25) is 4.99 Å². The number of anilines is 2. The van der Waals surface area contributed by atoms with Crippen LogP contribution in [0.3, 0.4) is 0 Å². The predicted octanol–water partition coefficient (Wildman–Crippen LogP) is 7.05. The third-order valence-electron chi connectivity index (χ3n) is 6.15. The zero-order valence-electron chi connectivity index (χ0n) is 18.7. The zero-order valence-corrected chi connectivity index (χ0v) is 19.4. The van der Waals surface area contributed by atoms with Crippen LogP contribution in [0.15, 0.2) is 41.4 Å². The summed E-state index contributed by atoms with van der Waals surface area (Å²) in [7, 11) is 0. The molecule has 0 aromatic heterocycles. The van der Waals surface area contributed by atoms with E-state index in [1.165, 1.54) is 16.9 Å². The van der Waals surface area contributed by atoms with E-state index < -0.39 is 0 Å². The molecule has 0 radical (unpaired) electrons. The van der Waals surface area contributed by atoms with Crippen molar-refractivity contribution in [3.05, 3.63) is 52.5 Å². The van der Waals surface area contributed by atoms with Crippen LogP contribution in [0.2, 0.25) is 5.02 Å². The monoisotopic (exact) mass is 411 g/mol. The molecule has 0 bridgehead atoms. The molecule has 0 fully saturated rings. The van der Waals surface area contributed by atoms with Gasteiger partial charge in [0.05, 0.1) is 10.7 Å². The van der Waals surface area contributed by atoms with Crippen LogP contribution in [0.4, 0.5) is 17.1 Å². The number of fused-ring (bicyclic) bond motifs is 1. The maximum Gasteiger partial charge on any atom is 0.0631 e. The summed E-state index contributed by atoms with van der Waals surface area (Å²) in [6, 6.07) is 12.8. The molecule has 1 unspecified atom stereocenters. The first kappa shape index (κ1) is 21.7. The maximum absolute atomic E-state index is 6.67. The summed E-state index contributed by atoms with van der Waals surface area (Å²) in [4.78, 5) is 9.49. The van der Waals surface area contributed by atoms with Gasteiger partial charge in [0, 0.05) is 48.3 Å². The molecule has 0 saturated heterocycles. The summed E-state index contributed by atoms with van der Waals surface area (Å²) >= 11 is 6.67. The summed E-state index contributed by atoms with van der Waals surface area (Å²) in [6.07, 6.45) is 3.04. The quantitative estimate of drug-likeness (QED) is 0.474. The first-order valence-corrected chi connectivity index (χ1v) is 11.2. The van der Waals surface area contributed by atoms with Crippen LogP contribution in [0.5, 0.6) is 0 Å². The molecule has 1 atom stereocenters. The van der Waals surface area contributed by atoms with E-state index in [4.69, 9.17) is 11.6 Å². The Morgan fingerprint density at radius 3 is 2.38 bits per heavy atom. The number of halogens is 1. The van der Waals surface area contributed by atoms with Gasteiger partial charge < -0.3 is 9.80 Å². The van der Waals surface area contributed by atoms with Crippen LogP contribution in [-0.4, -0.2) is 31.4 Å². The van der Waals surface area contributed by atoms with E-state index in [-0.39, 0.29) is 5.54 Å². The molecule has 2 aromatic carbocycles. The van der Waals surface area contributed by atoms with E-state index in [0.29, 0.717) is 5.92 Å². The van der Waals surface area contributed by atoms with E-state index in [1.807, 2.05) is 6.21 Å². The highest BCUT2D eigenvalue weighted by Crippen LogP contribution is 2.44. The molecule has 0 N–H and O–H groups in total. The van der Waals surface area contributed by atoms with Gasteiger partial charge in [-0.1, -0.05) is 18.5 Å². The van der Waals surface area contributed by atoms with Crippen LogP contribution in [0.25, 0.3) is 0 Å². The smallest absolute Gasteiger partial charge is 0.0631 e. The van der Waals surface area contributed by atoms with E-state index in [0.717, 1.165) is 42.3 Å². The van der Waals surface area contributed by atoms with Crippen molar-refractivity contribution in [1.29, 1.82) is 0 Å². The highest BCUT2D eigenvalue weighted by Gasteiger charge is 2.35. The van der Waals surface area contributed by atoms with Gasteiger partial charge in [0.1, 0.15) is 0 Å². The van der Waals surface area contributed by atoms with Gasteiger partial charge in [-0.2, -0.15) is 0 Å². The van der Waals surface area contributed by atoms with E-state index in [1.54, 1.807) is 0 Å². The fourth-order valence-electron chi connectivity index (χ4n) is 4.70. The van der Waals surface area contributed by atoms with Crippen LogP contribution in [-0.2, 0) is 0 Å². The van der Waals surface area contributed by atoms with Crippen molar-refractivity contribution in [2.45, 2.75) is 59.4 Å². The van der Waals surface area contributed by atoms with Crippen molar-refractivity contribution in [3.63, 3.8) is 0 Å². The Bertz CT molecular complexity index is 866. The van der Waals surface area contributed by atoms with Crippen LogP contribution >= 0.6 is 11.6 Å². The van der Waals surface area contributed by atoms with Crippen molar-refractivity contribution in [2.75, 3.05) is 29.4 Å². The standard InChI is InChI=1S/C25H34ClN3/c1-7-28(8-2)21-12-10-20(11-13-21)27-17-19-14-22-18(4)16-25(5,6)29(9-3)24(22)15-23(19)26/h10-15,17-18H,7-9,16H2,1-6H3. The molecule has 3 nitrogen and oxygen atoms in total. The molecule has 0 amide bonds. The molecule has 156 valence electrons. The maximum atomic E-state index is 6.67. The lowest BCUT2D eigenvalue weighted by Crippen LogP contribution is -2.48. The number of aliphatic imine (C=N–C) groups is 1. The van der Waals surface area contributed by atoms with Crippen molar-refractivity contribution < 1.29 is 0 Å². The lowest BCUT2D eigenvalue weighted by atomic mass is 9.79. The van der Waals surface area contributed by atoms with Gasteiger partial charge in [-0.05, 0) is 88.9 Å². The summed E-state index contributed by atoms with van der Waals surface area (Å²) in [5.41, 5.74) is 5.94. The largest absolute Gasteiger partial charge is 0.372 e. The SMILES string of the molecule is CCN(CC)c1ccc(N=Cc2cc3c(cc2Cl)N(CC)C(C)(C)CC3C)cc1. The summed E-state index contributed by atoms with van der Waals surface area (Å²) < 4.78 is 0. The minimum atomic E-state index is 0.146. The zero-order chi connectivity index (χ0) is 21.2. The van der Waals surface area contributed by atoms with E-state index in [2.05, 4.69) is 92.7 Å². The summed E-state index contributed by atoms with van der Waals surface area (Å²) in [5.74, 6) is 0.501. The fourth-order valence-corrected chi connectivity index (χ4v) is 4.91. The van der Waals surface area contributed by atoms with Crippen molar-refractivity contribution in [2.24, 2.45) is 4.99 Å². The Balaban J connectivity index is 1.88. The van der Waals surface area contributed by atoms with Crippen molar-refractivity contribution in [1.82, 2.24) is 0 Å². The minimum absolute atomic E-state index is 0.146. The third-order valence-corrected chi connectivity index (χ3v) is 6.48. The molecule has 2 aromatic rings. The number of hydrogen-bond donors (Lipinski definition) is 0. The average molecular weight is 412 g/mol. The van der Waals surface area contributed by atoms with Crippen molar-refractivity contribution in [3.8, 4) is 0 Å². The number of rotatable bonds is 6. The molecule has 0 aliphatic carbocycles. The molecular weight excluding hydrogens is 378 g/mol. The molecule has 0 saturated carbocycles. The number of hydrogen-bond acceptors (Lipinski definition) is 3. The number of benzene rings is 2. The first-order chi connectivity index (χ1) is 13.8. The van der Waals surface area contributed by atoms with Crippen LogP contribution in [0, 0.1) is 0 Å². The molecule has 1 aliphatic heterocycles. The molecule has 4 heteroatoms. The molecule has 3 rings (SSSR count). The Morgan fingerprint density at radius 2 is 1.79 bits per heavy atom. The molecule has 1 aliphatic rings. The van der Waals surface area contributed by atoms with Gasteiger partial charge in [0.2, 0.25) is 0 Å². The molecule has 1 heterocycles. The lowest BCUT2D eigenvalue weighted by Gasteiger charge is -2.47. The summed E-state index contributed by atoms with van der Waals surface area (Å²) in [5, 5.41) is 0.760. The van der Waals surface area contributed by atoms with Crippen LogP contribution < -0.4 is 9.80 Å². The second-order valence-electron chi connectivity index (χ2n) is 8.54. The Morgan fingerprint density at radius 1 is 1.14 bits per heavy atom. The predicted molar refractivity (Wildman–Crippen MR) is 129 cm³/mol. The Hall–Kier alpha value is -2.00. The highest BCUT2D eigenvalue weighted by atomic mass is 35.5.